The van der Waals surface area contributed by atoms with Crippen molar-refractivity contribution in [3.63, 3.8) is 0 Å². The molecule has 1 aliphatic rings. The molecule has 5 nitrogen and oxygen atoms in total. The summed E-state index contributed by atoms with van der Waals surface area (Å²) in [5.41, 5.74) is -0.872. The van der Waals surface area contributed by atoms with Gasteiger partial charge in [-0.2, -0.15) is 0 Å². The fourth-order valence-corrected chi connectivity index (χ4v) is 2.10. The van der Waals surface area contributed by atoms with Gasteiger partial charge in [-0.05, 0) is 32.1 Å². The summed E-state index contributed by atoms with van der Waals surface area (Å²) >= 11 is 0. The van der Waals surface area contributed by atoms with Crippen LogP contribution >= 0.6 is 0 Å². The molecule has 0 saturated heterocycles. The van der Waals surface area contributed by atoms with Crippen LogP contribution in [0.4, 0.5) is 4.79 Å². The smallest absolute Gasteiger partial charge is 0.314 e. The quantitative estimate of drug-likeness (QED) is 0.598. The van der Waals surface area contributed by atoms with Crippen LogP contribution in [0.3, 0.4) is 0 Å². The van der Waals surface area contributed by atoms with E-state index in [-0.39, 0.29) is 18.5 Å². The topological polar surface area (TPSA) is 70.6 Å². The molecule has 0 bridgehead atoms. The standard InChI is InChI=1S/C15H30N2O3/c1-12(2)15(3,19)11-17-14(18)16-9-6-10-20-13-7-4-5-8-13/h12-13,19H,4-11H2,1-3H3,(H2,16,17,18). The van der Waals surface area contributed by atoms with Gasteiger partial charge in [-0.25, -0.2) is 4.79 Å². The zero-order chi connectivity index (χ0) is 15.0. The van der Waals surface area contributed by atoms with Gasteiger partial charge in [0, 0.05) is 19.7 Å². The van der Waals surface area contributed by atoms with Gasteiger partial charge in [0.15, 0.2) is 0 Å². The van der Waals surface area contributed by atoms with Gasteiger partial charge in [0.25, 0.3) is 0 Å². The molecule has 0 aromatic heterocycles. The maximum atomic E-state index is 11.6. The van der Waals surface area contributed by atoms with Gasteiger partial charge < -0.3 is 20.5 Å². The highest BCUT2D eigenvalue weighted by molar-refractivity contribution is 5.73. The first-order chi connectivity index (χ1) is 9.42. The Hall–Kier alpha value is -0.810. The molecular formula is C15H30N2O3. The van der Waals surface area contributed by atoms with Crippen LogP contribution in [0.2, 0.25) is 0 Å². The largest absolute Gasteiger partial charge is 0.388 e. The SMILES string of the molecule is CC(C)C(C)(O)CNC(=O)NCCCOC1CCCC1. The van der Waals surface area contributed by atoms with Gasteiger partial charge >= 0.3 is 6.03 Å². The maximum absolute atomic E-state index is 11.6. The van der Waals surface area contributed by atoms with Crippen molar-refractivity contribution in [3.8, 4) is 0 Å². The molecule has 1 aliphatic carbocycles. The second-order valence-electron chi connectivity index (χ2n) is 6.25. The summed E-state index contributed by atoms with van der Waals surface area (Å²) in [6.45, 7) is 7.15. The molecule has 0 heterocycles. The van der Waals surface area contributed by atoms with Gasteiger partial charge in [0.1, 0.15) is 0 Å². The van der Waals surface area contributed by atoms with Crippen LogP contribution < -0.4 is 10.6 Å². The summed E-state index contributed by atoms with van der Waals surface area (Å²) in [4.78, 5) is 11.6. The molecule has 1 atom stereocenters. The maximum Gasteiger partial charge on any atom is 0.314 e. The molecule has 1 fully saturated rings. The second-order valence-corrected chi connectivity index (χ2v) is 6.25. The average molecular weight is 286 g/mol. The van der Waals surface area contributed by atoms with Crippen LogP contribution in [-0.2, 0) is 4.74 Å². The van der Waals surface area contributed by atoms with Crippen molar-refractivity contribution in [3.05, 3.63) is 0 Å². The van der Waals surface area contributed by atoms with Crippen molar-refractivity contribution >= 4 is 6.03 Å². The zero-order valence-electron chi connectivity index (χ0n) is 13.1. The van der Waals surface area contributed by atoms with Crippen molar-refractivity contribution in [2.75, 3.05) is 19.7 Å². The predicted molar refractivity (Wildman–Crippen MR) is 79.7 cm³/mol. The number of carbonyl (C=O) groups excluding carboxylic acids is 1. The summed E-state index contributed by atoms with van der Waals surface area (Å²) in [5, 5.41) is 15.5. The Morgan fingerprint density at radius 1 is 1.35 bits per heavy atom. The highest BCUT2D eigenvalue weighted by atomic mass is 16.5. The number of ether oxygens (including phenoxy) is 1. The summed E-state index contributed by atoms with van der Waals surface area (Å²) in [5.74, 6) is 0.0996. The number of hydrogen-bond donors (Lipinski definition) is 3. The zero-order valence-corrected chi connectivity index (χ0v) is 13.1. The molecule has 0 aromatic rings. The molecule has 0 aromatic carbocycles. The van der Waals surface area contributed by atoms with Crippen LogP contribution in [0.25, 0.3) is 0 Å². The van der Waals surface area contributed by atoms with Crippen LogP contribution in [0.5, 0.6) is 0 Å². The summed E-state index contributed by atoms with van der Waals surface area (Å²) in [6.07, 6.45) is 6.17. The Balaban J connectivity index is 1.99. The number of hydrogen-bond acceptors (Lipinski definition) is 3. The summed E-state index contributed by atoms with van der Waals surface area (Å²) in [7, 11) is 0. The third-order valence-electron chi connectivity index (χ3n) is 4.11. The van der Waals surface area contributed by atoms with Crippen molar-refractivity contribution in [1.29, 1.82) is 0 Å². The number of rotatable bonds is 8. The monoisotopic (exact) mass is 286 g/mol. The Morgan fingerprint density at radius 2 is 2.00 bits per heavy atom. The summed E-state index contributed by atoms with van der Waals surface area (Å²) in [6, 6.07) is -0.230. The van der Waals surface area contributed by atoms with Crippen molar-refractivity contribution in [2.24, 2.45) is 5.92 Å². The number of carbonyl (C=O) groups is 1. The molecule has 1 rings (SSSR count). The highest BCUT2D eigenvalue weighted by Gasteiger charge is 2.25. The molecule has 3 N–H and O–H groups in total. The van der Waals surface area contributed by atoms with Crippen LogP contribution in [0.1, 0.15) is 52.9 Å². The lowest BCUT2D eigenvalue weighted by Gasteiger charge is -2.27. The predicted octanol–water partition coefficient (Wildman–Crippen LogP) is 2.04. The van der Waals surface area contributed by atoms with E-state index in [2.05, 4.69) is 10.6 Å². The lowest BCUT2D eigenvalue weighted by atomic mass is 9.93. The van der Waals surface area contributed by atoms with Gasteiger partial charge in [-0.1, -0.05) is 26.7 Å². The van der Waals surface area contributed by atoms with E-state index >= 15 is 0 Å². The molecule has 20 heavy (non-hydrogen) atoms. The van der Waals surface area contributed by atoms with E-state index in [4.69, 9.17) is 4.74 Å². The van der Waals surface area contributed by atoms with E-state index in [1.54, 1.807) is 6.92 Å². The normalized spacial score (nSPS) is 19.1. The molecule has 118 valence electrons. The van der Waals surface area contributed by atoms with Crippen LogP contribution in [-0.4, -0.2) is 42.5 Å². The average Bonchev–Trinajstić information content (AvgIpc) is 2.89. The number of urea groups is 1. The van der Waals surface area contributed by atoms with E-state index in [1.807, 2.05) is 13.8 Å². The first-order valence-electron chi connectivity index (χ1n) is 7.77. The van der Waals surface area contributed by atoms with Gasteiger partial charge in [-0.3, -0.25) is 0 Å². The number of nitrogens with one attached hydrogen (secondary N) is 2. The van der Waals surface area contributed by atoms with Gasteiger partial charge in [0.05, 0.1) is 11.7 Å². The highest BCUT2D eigenvalue weighted by Crippen LogP contribution is 2.20. The first-order valence-corrected chi connectivity index (χ1v) is 7.77. The fourth-order valence-electron chi connectivity index (χ4n) is 2.10. The van der Waals surface area contributed by atoms with Crippen molar-refractivity contribution < 1.29 is 14.6 Å². The molecule has 1 unspecified atom stereocenters. The van der Waals surface area contributed by atoms with E-state index < -0.39 is 5.60 Å². The molecule has 0 radical (unpaired) electrons. The number of aliphatic hydroxyl groups is 1. The molecule has 1 saturated carbocycles. The lowest BCUT2D eigenvalue weighted by Crippen LogP contribution is -2.47. The van der Waals surface area contributed by atoms with E-state index in [0.717, 1.165) is 6.42 Å². The van der Waals surface area contributed by atoms with E-state index in [0.29, 0.717) is 19.3 Å². The lowest BCUT2D eigenvalue weighted by molar-refractivity contribution is 0.0165. The molecule has 0 spiro atoms. The minimum atomic E-state index is -0.872. The Labute approximate surface area is 122 Å². The van der Waals surface area contributed by atoms with Crippen LogP contribution in [0, 0.1) is 5.92 Å². The molecular weight excluding hydrogens is 256 g/mol. The van der Waals surface area contributed by atoms with Gasteiger partial charge in [0.2, 0.25) is 0 Å². The van der Waals surface area contributed by atoms with E-state index in [9.17, 15) is 9.90 Å². The fraction of sp³-hybridized carbons (Fsp3) is 0.933. The van der Waals surface area contributed by atoms with E-state index in [1.165, 1.54) is 25.7 Å². The molecule has 0 aliphatic heterocycles. The third-order valence-corrected chi connectivity index (χ3v) is 4.11. The Bertz CT molecular complexity index is 287. The Morgan fingerprint density at radius 3 is 2.60 bits per heavy atom. The third kappa shape index (κ3) is 6.57. The summed E-state index contributed by atoms with van der Waals surface area (Å²) < 4.78 is 5.72. The number of amides is 2. The minimum Gasteiger partial charge on any atom is -0.388 e. The van der Waals surface area contributed by atoms with Crippen molar-refractivity contribution in [1.82, 2.24) is 10.6 Å². The molecule has 5 heteroatoms. The van der Waals surface area contributed by atoms with Gasteiger partial charge in [-0.15, -0.1) is 0 Å². The van der Waals surface area contributed by atoms with Crippen LogP contribution in [0.15, 0.2) is 0 Å². The molecule has 2 amide bonds. The second kappa shape index (κ2) is 8.47. The minimum absolute atomic E-state index is 0.0996. The Kier molecular flexibility index (Phi) is 7.30. The van der Waals surface area contributed by atoms with Crippen molar-refractivity contribution in [2.45, 2.75) is 64.6 Å². The first kappa shape index (κ1) is 17.2.